The summed E-state index contributed by atoms with van der Waals surface area (Å²) in [7, 11) is 0. The van der Waals surface area contributed by atoms with Crippen LogP contribution in [0.4, 0.5) is 0 Å². The van der Waals surface area contributed by atoms with Gasteiger partial charge in [-0.25, -0.2) is 0 Å². The molecular weight excluding hydrogens is 168 g/mol. The van der Waals surface area contributed by atoms with Gasteiger partial charge in [-0.2, -0.15) is 0 Å². The fourth-order valence-corrected chi connectivity index (χ4v) is 0.666. The second-order valence-corrected chi connectivity index (χ2v) is 2.15. The van der Waals surface area contributed by atoms with Gasteiger partial charge in [0.15, 0.2) is 0 Å². The van der Waals surface area contributed by atoms with Crippen LogP contribution < -0.4 is 0 Å². The third-order valence-electron chi connectivity index (χ3n) is 1.04. The largest absolute Gasteiger partial charge is 0.103 e. The highest BCUT2D eigenvalue weighted by Crippen LogP contribution is 1.93. The van der Waals surface area contributed by atoms with Gasteiger partial charge >= 0.3 is 0 Å². The lowest BCUT2D eigenvalue weighted by Gasteiger charge is -1.83. The molecule has 0 amide bonds. The number of allylic oxidation sites excluding steroid dienone is 1. The van der Waals surface area contributed by atoms with Crippen LogP contribution in [0.1, 0.15) is 33.3 Å². The van der Waals surface area contributed by atoms with Crippen molar-refractivity contribution in [2.45, 2.75) is 27.7 Å². The first kappa shape index (κ1) is 15.0. The second kappa shape index (κ2) is 14.1. The quantitative estimate of drug-likeness (QED) is 0.421. The zero-order valence-corrected chi connectivity index (χ0v) is 9.67. The molecule has 0 aromatic heterocycles. The van der Waals surface area contributed by atoms with E-state index in [1.54, 1.807) is 6.08 Å². The lowest BCUT2D eigenvalue weighted by Crippen LogP contribution is -1.67. The molecule has 14 heavy (non-hydrogen) atoms. The Hall–Kier alpha value is -1.48. The van der Waals surface area contributed by atoms with Gasteiger partial charge in [-0.1, -0.05) is 44.0 Å². The van der Waals surface area contributed by atoms with E-state index in [1.165, 1.54) is 0 Å². The van der Waals surface area contributed by atoms with Gasteiger partial charge in [0, 0.05) is 5.56 Å². The van der Waals surface area contributed by atoms with Gasteiger partial charge < -0.3 is 0 Å². The summed E-state index contributed by atoms with van der Waals surface area (Å²) in [5.74, 6) is 5.79. The van der Waals surface area contributed by atoms with E-state index in [0.717, 1.165) is 5.56 Å². The van der Waals surface area contributed by atoms with Crippen molar-refractivity contribution in [3.8, 4) is 11.8 Å². The summed E-state index contributed by atoms with van der Waals surface area (Å²) in [5.41, 5.74) is 1.08. The number of hydrogen-bond donors (Lipinski definition) is 0. The van der Waals surface area contributed by atoms with Crippen LogP contribution >= 0.6 is 0 Å². The molecule has 1 aromatic carbocycles. The molecule has 0 nitrogen and oxygen atoms in total. The highest BCUT2D eigenvalue weighted by Gasteiger charge is 1.77. The van der Waals surface area contributed by atoms with Crippen LogP contribution in [0.15, 0.2) is 43.0 Å². The van der Waals surface area contributed by atoms with Gasteiger partial charge in [0.05, 0.1) is 0 Å². The molecule has 0 unspecified atom stereocenters. The topological polar surface area (TPSA) is 0 Å². The molecule has 76 valence electrons. The van der Waals surface area contributed by atoms with Crippen molar-refractivity contribution in [2.24, 2.45) is 0 Å². The van der Waals surface area contributed by atoms with E-state index in [4.69, 9.17) is 0 Å². The Balaban J connectivity index is 0. The number of hydrogen-bond acceptors (Lipinski definition) is 0. The molecule has 0 atom stereocenters. The number of rotatable bonds is 0. The average molecular weight is 188 g/mol. The number of benzene rings is 1. The highest BCUT2D eigenvalue weighted by molar-refractivity contribution is 5.32. The third-order valence-corrected chi connectivity index (χ3v) is 1.04. The van der Waals surface area contributed by atoms with E-state index >= 15 is 0 Å². The predicted octanol–water partition coefficient (Wildman–Crippen LogP) is 4.28. The molecule has 0 radical (unpaired) electrons. The molecule has 0 heterocycles. The normalized spacial score (nSPS) is 6.29. The van der Waals surface area contributed by atoms with Crippen LogP contribution in [0.2, 0.25) is 0 Å². The van der Waals surface area contributed by atoms with Crippen LogP contribution in [0.5, 0.6) is 0 Å². The maximum absolute atomic E-state index is 3.36. The summed E-state index contributed by atoms with van der Waals surface area (Å²) in [6.07, 6.45) is 1.75. The average Bonchev–Trinajstić information content (AvgIpc) is 2.24. The van der Waals surface area contributed by atoms with Crippen molar-refractivity contribution in [3.63, 3.8) is 0 Å². The molecule has 0 aliphatic rings. The van der Waals surface area contributed by atoms with Gasteiger partial charge in [0.1, 0.15) is 0 Å². The molecule has 0 N–H and O–H groups in total. The minimum Gasteiger partial charge on any atom is -0.103 e. The molecule has 1 aromatic rings. The first-order valence-corrected chi connectivity index (χ1v) is 4.90. The van der Waals surface area contributed by atoms with Gasteiger partial charge in [-0.05, 0) is 26.0 Å². The minimum absolute atomic E-state index is 1.08. The molecule has 0 saturated heterocycles. The standard InChI is InChI=1S/C9H8.C3H6.C2H6/c1-2-6-9-7-4-3-5-8-9;1-3-2;1-2/h3-5,7-8H,1H3;3H,1H2,2H3;1-2H3. The highest BCUT2D eigenvalue weighted by atomic mass is 13.8. The van der Waals surface area contributed by atoms with Crippen molar-refractivity contribution in [1.29, 1.82) is 0 Å². The van der Waals surface area contributed by atoms with E-state index in [1.807, 2.05) is 58.0 Å². The van der Waals surface area contributed by atoms with E-state index in [0.29, 0.717) is 0 Å². The molecule has 1 rings (SSSR count). The molecular formula is C14H20. The maximum atomic E-state index is 3.36. The van der Waals surface area contributed by atoms with Gasteiger partial charge in [-0.3, -0.25) is 0 Å². The molecule has 0 aliphatic heterocycles. The van der Waals surface area contributed by atoms with E-state index < -0.39 is 0 Å². The van der Waals surface area contributed by atoms with Crippen molar-refractivity contribution < 1.29 is 0 Å². The van der Waals surface area contributed by atoms with Gasteiger partial charge in [0.2, 0.25) is 0 Å². The lowest BCUT2D eigenvalue weighted by molar-refractivity contribution is 1.50. The summed E-state index contributed by atoms with van der Waals surface area (Å²) >= 11 is 0. The summed E-state index contributed by atoms with van der Waals surface area (Å²) in [4.78, 5) is 0. The van der Waals surface area contributed by atoms with Crippen molar-refractivity contribution in [1.82, 2.24) is 0 Å². The van der Waals surface area contributed by atoms with Crippen molar-refractivity contribution in [2.75, 3.05) is 0 Å². The van der Waals surface area contributed by atoms with Crippen LogP contribution in [0.25, 0.3) is 0 Å². The Kier molecular flexibility index (Phi) is 15.1. The molecule has 0 saturated carbocycles. The fraction of sp³-hybridized carbons (Fsp3) is 0.286. The molecule has 0 heteroatoms. The van der Waals surface area contributed by atoms with E-state index in [-0.39, 0.29) is 0 Å². The lowest BCUT2D eigenvalue weighted by atomic mass is 10.2. The smallest absolute Gasteiger partial charge is 0.0245 e. The first-order valence-electron chi connectivity index (χ1n) is 4.90. The SMILES string of the molecule is C=CC.CC.CC#Cc1ccccc1. The molecule has 0 aliphatic carbocycles. The first-order chi connectivity index (χ1) is 6.85. The maximum Gasteiger partial charge on any atom is 0.0245 e. The van der Waals surface area contributed by atoms with Gasteiger partial charge in [-0.15, -0.1) is 12.5 Å². The predicted molar refractivity (Wildman–Crippen MR) is 66.2 cm³/mol. The Morgan fingerprint density at radius 3 is 1.93 bits per heavy atom. The molecule has 0 bridgehead atoms. The zero-order chi connectivity index (χ0) is 11.2. The Morgan fingerprint density at radius 1 is 1.14 bits per heavy atom. The van der Waals surface area contributed by atoms with Crippen LogP contribution in [0, 0.1) is 11.8 Å². The monoisotopic (exact) mass is 188 g/mol. The van der Waals surface area contributed by atoms with Crippen LogP contribution in [-0.4, -0.2) is 0 Å². The summed E-state index contributed by atoms with van der Waals surface area (Å²) in [6.45, 7) is 11.1. The second-order valence-electron chi connectivity index (χ2n) is 2.15. The van der Waals surface area contributed by atoms with Gasteiger partial charge in [0.25, 0.3) is 0 Å². The van der Waals surface area contributed by atoms with E-state index in [2.05, 4.69) is 18.4 Å². The minimum atomic E-state index is 1.08. The fourth-order valence-electron chi connectivity index (χ4n) is 0.666. The summed E-state index contributed by atoms with van der Waals surface area (Å²) in [5, 5.41) is 0. The third kappa shape index (κ3) is 10.5. The molecule has 0 spiro atoms. The molecule has 0 fully saturated rings. The van der Waals surface area contributed by atoms with Crippen LogP contribution in [0.3, 0.4) is 0 Å². The summed E-state index contributed by atoms with van der Waals surface area (Å²) in [6, 6.07) is 9.95. The van der Waals surface area contributed by atoms with Crippen molar-refractivity contribution in [3.05, 3.63) is 48.6 Å². The van der Waals surface area contributed by atoms with Crippen molar-refractivity contribution >= 4 is 0 Å². The Bertz CT molecular complexity index is 259. The Labute approximate surface area is 88.7 Å². The van der Waals surface area contributed by atoms with E-state index in [9.17, 15) is 0 Å². The zero-order valence-electron chi connectivity index (χ0n) is 9.67. The van der Waals surface area contributed by atoms with Crippen LogP contribution in [-0.2, 0) is 0 Å². The summed E-state index contributed by atoms with van der Waals surface area (Å²) < 4.78 is 0. The Morgan fingerprint density at radius 2 is 1.57 bits per heavy atom.